The Hall–Kier alpha value is -1.62. The molecule has 1 unspecified atom stereocenters. The highest BCUT2D eigenvalue weighted by molar-refractivity contribution is 8.13. The first-order valence-electron chi connectivity index (χ1n) is 5.81. The summed E-state index contributed by atoms with van der Waals surface area (Å²) in [4.78, 5) is 27.1. The highest BCUT2D eigenvalue weighted by Crippen LogP contribution is 2.17. The molecule has 0 saturated carbocycles. The van der Waals surface area contributed by atoms with Crippen molar-refractivity contribution in [3.63, 3.8) is 0 Å². The normalized spacial score (nSPS) is 19.4. The quantitative estimate of drug-likeness (QED) is 0.847. The Morgan fingerprint density at radius 3 is 2.61 bits per heavy atom. The van der Waals surface area contributed by atoms with Crippen molar-refractivity contribution in [2.24, 2.45) is 10.9 Å². The van der Waals surface area contributed by atoms with Crippen LogP contribution in [0.2, 0.25) is 0 Å². The maximum Gasteiger partial charge on any atom is 0.260 e. The van der Waals surface area contributed by atoms with Crippen LogP contribution in [0.25, 0.3) is 0 Å². The first-order valence-corrected chi connectivity index (χ1v) is 6.79. The summed E-state index contributed by atoms with van der Waals surface area (Å²) in [5.41, 5.74) is 1.13. The Balaban J connectivity index is 1.99. The summed E-state index contributed by atoms with van der Waals surface area (Å²) in [6, 6.07) is 9.85. The van der Waals surface area contributed by atoms with Gasteiger partial charge in [-0.2, -0.15) is 4.99 Å². The van der Waals surface area contributed by atoms with Crippen LogP contribution in [-0.4, -0.2) is 17.0 Å². The van der Waals surface area contributed by atoms with E-state index in [-0.39, 0.29) is 11.8 Å². The molecule has 0 spiro atoms. The molecule has 0 bridgehead atoms. The summed E-state index contributed by atoms with van der Waals surface area (Å²) < 4.78 is 0. The Bertz CT molecular complexity index is 485. The van der Waals surface area contributed by atoms with Gasteiger partial charge in [0.1, 0.15) is 5.92 Å². The van der Waals surface area contributed by atoms with Crippen molar-refractivity contribution in [3.05, 3.63) is 35.9 Å². The minimum absolute atomic E-state index is 0.243. The van der Waals surface area contributed by atoms with Gasteiger partial charge in [-0.25, -0.2) is 0 Å². The summed E-state index contributed by atoms with van der Waals surface area (Å²) in [7, 11) is 0. The highest BCUT2D eigenvalue weighted by atomic mass is 32.2. The van der Waals surface area contributed by atoms with E-state index in [1.165, 1.54) is 11.8 Å². The predicted octanol–water partition coefficient (Wildman–Crippen LogP) is 1.96. The Morgan fingerprint density at radius 1 is 1.28 bits per heavy atom. The van der Waals surface area contributed by atoms with Gasteiger partial charge in [0.05, 0.1) is 0 Å². The average Bonchev–Trinajstić information content (AvgIpc) is 2.37. The fourth-order valence-corrected chi connectivity index (χ4v) is 2.49. The molecule has 1 atom stereocenters. The third-order valence-electron chi connectivity index (χ3n) is 2.68. The largest absolute Gasteiger partial charge is 0.304 e. The first kappa shape index (κ1) is 12.8. The minimum atomic E-state index is -0.619. The van der Waals surface area contributed by atoms with E-state index >= 15 is 0 Å². The zero-order valence-electron chi connectivity index (χ0n) is 10.1. The lowest BCUT2D eigenvalue weighted by Crippen LogP contribution is -2.42. The summed E-state index contributed by atoms with van der Waals surface area (Å²) in [6.45, 7) is 1.81. The maximum absolute atomic E-state index is 11.6. The monoisotopic (exact) mass is 262 g/mol. The second-order valence-electron chi connectivity index (χ2n) is 3.98. The number of rotatable bonds is 3. The van der Waals surface area contributed by atoms with Gasteiger partial charge < -0.3 is 5.32 Å². The molecule has 1 aromatic carbocycles. The van der Waals surface area contributed by atoms with Crippen molar-refractivity contribution in [2.45, 2.75) is 19.1 Å². The maximum atomic E-state index is 11.6. The van der Waals surface area contributed by atoms with Gasteiger partial charge in [-0.1, -0.05) is 49.0 Å². The van der Waals surface area contributed by atoms with Crippen molar-refractivity contribution in [3.8, 4) is 0 Å². The number of hydrogen-bond acceptors (Lipinski definition) is 3. The van der Waals surface area contributed by atoms with Crippen molar-refractivity contribution in [1.82, 2.24) is 5.32 Å². The summed E-state index contributed by atoms with van der Waals surface area (Å²) >= 11 is 1.37. The van der Waals surface area contributed by atoms with E-state index in [0.717, 1.165) is 5.56 Å². The number of nitrogens with one attached hydrogen (secondary N) is 1. The molecule has 0 radical (unpaired) electrons. The van der Waals surface area contributed by atoms with Crippen LogP contribution >= 0.6 is 11.8 Å². The molecule has 5 heteroatoms. The van der Waals surface area contributed by atoms with Crippen LogP contribution in [0.1, 0.15) is 18.9 Å². The van der Waals surface area contributed by atoms with Crippen molar-refractivity contribution < 1.29 is 9.59 Å². The lowest BCUT2D eigenvalue weighted by atomic mass is 10.0. The Kier molecular flexibility index (Phi) is 4.15. The number of carbonyl (C=O) groups excluding carboxylic acids is 2. The number of thioether (sulfide) groups is 1. The zero-order valence-corrected chi connectivity index (χ0v) is 10.9. The van der Waals surface area contributed by atoms with Crippen LogP contribution in [-0.2, 0) is 15.3 Å². The van der Waals surface area contributed by atoms with Crippen LogP contribution in [0.4, 0.5) is 0 Å². The van der Waals surface area contributed by atoms with E-state index in [1.54, 1.807) is 6.92 Å². The lowest BCUT2D eigenvalue weighted by molar-refractivity contribution is -0.133. The van der Waals surface area contributed by atoms with E-state index in [9.17, 15) is 9.59 Å². The van der Waals surface area contributed by atoms with Gasteiger partial charge in [-0.3, -0.25) is 9.59 Å². The van der Waals surface area contributed by atoms with Gasteiger partial charge in [-0.15, -0.1) is 0 Å². The number of carbonyl (C=O) groups is 2. The van der Waals surface area contributed by atoms with Crippen LogP contribution < -0.4 is 5.32 Å². The average molecular weight is 262 g/mol. The van der Waals surface area contributed by atoms with Crippen molar-refractivity contribution in [2.75, 3.05) is 0 Å². The van der Waals surface area contributed by atoms with Crippen LogP contribution in [0, 0.1) is 5.92 Å². The molecule has 1 aliphatic heterocycles. The van der Waals surface area contributed by atoms with Crippen molar-refractivity contribution >= 4 is 28.7 Å². The standard InChI is InChI=1S/C13H14N2O2S/c1-2-10-11(16)14-13(15-12(10)17)18-8-9-6-4-3-5-7-9/h3-7,10H,2,8H2,1H3,(H,14,15,16,17). The molecule has 0 saturated heterocycles. The van der Waals surface area contributed by atoms with Crippen LogP contribution in [0.15, 0.2) is 35.3 Å². The molecule has 0 fully saturated rings. The smallest absolute Gasteiger partial charge is 0.260 e. The fraction of sp³-hybridized carbons (Fsp3) is 0.308. The SMILES string of the molecule is CCC1C(=O)N=C(SCc2ccccc2)NC1=O. The lowest BCUT2D eigenvalue weighted by Gasteiger charge is -2.18. The molecule has 1 N–H and O–H groups in total. The molecular formula is C13H14N2O2S. The van der Waals surface area contributed by atoms with E-state index in [4.69, 9.17) is 0 Å². The van der Waals surface area contributed by atoms with Crippen molar-refractivity contribution in [1.29, 1.82) is 0 Å². The van der Waals surface area contributed by atoms with E-state index in [0.29, 0.717) is 17.3 Å². The topological polar surface area (TPSA) is 58.5 Å². The van der Waals surface area contributed by atoms with Gasteiger partial charge >= 0.3 is 0 Å². The Morgan fingerprint density at radius 2 is 2.00 bits per heavy atom. The summed E-state index contributed by atoms with van der Waals surface area (Å²) in [5, 5.41) is 3.07. The second kappa shape index (κ2) is 5.82. The first-order chi connectivity index (χ1) is 8.70. The van der Waals surface area contributed by atoms with E-state index in [2.05, 4.69) is 10.3 Å². The number of amides is 2. The van der Waals surface area contributed by atoms with Gasteiger partial charge in [-0.05, 0) is 12.0 Å². The molecular weight excluding hydrogens is 248 g/mol. The molecule has 2 rings (SSSR count). The van der Waals surface area contributed by atoms with Gasteiger partial charge in [0.15, 0.2) is 5.17 Å². The number of benzene rings is 1. The molecule has 0 aromatic heterocycles. The third-order valence-corrected chi connectivity index (χ3v) is 3.63. The molecule has 1 aliphatic rings. The number of amidine groups is 1. The third kappa shape index (κ3) is 2.98. The van der Waals surface area contributed by atoms with Crippen LogP contribution in [0.3, 0.4) is 0 Å². The van der Waals surface area contributed by atoms with E-state index in [1.807, 2.05) is 30.3 Å². The van der Waals surface area contributed by atoms with Crippen LogP contribution in [0.5, 0.6) is 0 Å². The second-order valence-corrected chi connectivity index (χ2v) is 4.94. The minimum Gasteiger partial charge on any atom is -0.304 e. The summed E-state index contributed by atoms with van der Waals surface area (Å²) in [6.07, 6.45) is 0.491. The fourth-order valence-electron chi connectivity index (χ4n) is 1.66. The highest BCUT2D eigenvalue weighted by Gasteiger charge is 2.30. The number of aliphatic imine (C=N–C) groups is 1. The predicted molar refractivity (Wildman–Crippen MR) is 72.1 cm³/mol. The number of nitrogens with zero attached hydrogens (tertiary/aromatic N) is 1. The molecule has 0 aliphatic carbocycles. The molecule has 1 aromatic rings. The number of hydrogen-bond donors (Lipinski definition) is 1. The van der Waals surface area contributed by atoms with Gasteiger partial charge in [0, 0.05) is 5.75 Å². The molecule has 4 nitrogen and oxygen atoms in total. The zero-order chi connectivity index (χ0) is 13.0. The Labute approximate surface area is 110 Å². The molecule has 18 heavy (non-hydrogen) atoms. The molecule has 94 valence electrons. The molecule has 1 heterocycles. The summed E-state index contributed by atoms with van der Waals surface area (Å²) in [5.74, 6) is -0.514. The van der Waals surface area contributed by atoms with Gasteiger partial charge in [0.2, 0.25) is 5.91 Å². The van der Waals surface area contributed by atoms with E-state index < -0.39 is 5.92 Å². The molecule has 2 amide bonds. The van der Waals surface area contributed by atoms with Gasteiger partial charge in [0.25, 0.3) is 5.91 Å².